The summed E-state index contributed by atoms with van der Waals surface area (Å²) in [7, 11) is 0. The standard InChI is InChI=1S/C10H11BrO2S/c1-6-5-14-7(8(6)11)4-10(2-3-10)9(12)13/h5H,2-4H2,1H3,(H,12,13). The van der Waals surface area contributed by atoms with Crippen molar-refractivity contribution in [3.8, 4) is 0 Å². The van der Waals surface area contributed by atoms with Crippen LogP contribution in [0.25, 0.3) is 0 Å². The summed E-state index contributed by atoms with van der Waals surface area (Å²) >= 11 is 5.15. The summed E-state index contributed by atoms with van der Waals surface area (Å²) in [6, 6.07) is 0. The maximum atomic E-state index is 11.0. The lowest BCUT2D eigenvalue weighted by atomic mass is 10.0. The number of rotatable bonds is 3. The van der Waals surface area contributed by atoms with Crippen molar-refractivity contribution in [2.75, 3.05) is 0 Å². The first-order valence-corrected chi connectivity index (χ1v) is 6.18. The fraction of sp³-hybridized carbons (Fsp3) is 0.500. The van der Waals surface area contributed by atoms with Crippen LogP contribution in [0.5, 0.6) is 0 Å². The van der Waals surface area contributed by atoms with Gasteiger partial charge in [-0.2, -0.15) is 0 Å². The number of hydrogen-bond acceptors (Lipinski definition) is 2. The second kappa shape index (κ2) is 3.35. The molecule has 4 heteroatoms. The fourth-order valence-corrected chi connectivity index (χ4v) is 3.27. The van der Waals surface area contributed by atoms with E-state index in [0.29, 0.717) is 6.42 Å². The molecule has 0 aliphatic heterocycles. The van der Waals surface area contributed by atoms with Gasteiger partial charge in [0.05, 0.1) is 5.41 Å². The minimum absolute atomic E-state index is 0.445. The van der Waals surface area contributed by atoms with Crippen molar-refractivity contribution in [3.63, 3.8) is 0 Å². The van der Waals surface area contributed by atoms with Gasteiger partial charge in [-0.05, 0) is 53.1 Å². The molecule has 0 radical (unpaired) electrons. The minimum atomic E-state index is -0.643. The third kappa shape index (κ3) is 1.61. The molecular formula is C10H11BrO2S. The van der Waals surface area contributed by atoms with Gasteiger partial charge in [0.25, 0.3) is 0 Å². The maximum Gasteiger partial charge on any atom is 0.309 e. The van der Waals surface area contributed by atoms with Gasteiger partial charge in [0.15, 0.2) is 0 Å². The Bertz CT molecular complexity index is 379. The molecule has 1 heterocycles. The number of carboxylic acids is 1. The smallest absolute Gasteiger partial charge is 0.309 e. The van der Waals surface area contributed by atoms with Gasteiger partial charge in [0.1, 0.15) is 0 Å². The van der Waals surface area contributed by atoms with Crippen LogP contribution in [0.4, 0.5) is 0 Å². The zero-order chi connectivity index (χ0) is 10.3. The summed E-state index contributed by atoms with van der Waals surface area (Å²) in [5.74, 6) is -0.643. The molecule has 0 aromatic carbocycles. The van der Waals surface area contributed by atoms with Crippen molar-refractivity contribution in [3.05, 3.63) is 20.3 Å². The molecule has 1 N–H and O–H groups in total. The van der Waals surface area contributed by atoms with E-state index >= 15 is 0 Å². The molecule has 1 aliphatic carbocycles. The second-order valence-electron chi connectivity index (χ2n) is 3.92. The van der Waals surface area contributed by atoms with E-state index in [9.17, 15) is 4.79 Å². The molecule has 2 rings (SSSR count). The third-order valence-corrected chi connectivity index (χ3v) is 5.25. The Kier molecular flexibility index (Phi) is 2.43. The Morgan fingerprint density at radius 1 is 1.71 bits per heavy atom. The molecule has 2 nitrogen and oxygen atoms in total. The highest BCUT2D eigenvalue weighted by Crippen LogP contribution is 2.50. The molecule has 76 valence electrons. The second-order valence-corrected chi connectivity index (χ2v) is 5.68. The van der Waals surface area contributed by atoms with Crippen molar-refractivity contribution < 1.29 is 9.90 Å². The molecule has 1 aromatic rings. The van der Waals surface area contributed by atoms with Crippen LogP contribution in [0.3, 0.4) is 0 Å². The number of aliphatic carboxylic acids is 1. The molecule has 0 amide bonds. The molecule has 14 heavy (non-hydrogen) atoms. The molecule has 0 spiro atoms. The van der Waals surface area contributed by atoms with E-state index in [-0.39, 0.29) is 0 Å². The number of carboxylic acid groups (broad SMARTS) is 1. The van der Waals surface area contributed by atoms with Crippen LogP contribution in [0, 0.1) is 12.3 Å². The summed E-state index contributed by atoms with van der Waals surface area (Å²) in [6.07, 6.45) is 2.33. The Morgan fingerprint density at radius 2 is 2.36 bits per heavy atom. The largest absolute Gasteiger partial charge is 0.481 e. The predicted octanol–water partition coefficient (Wildman–Crippen LogP) is 3.23. The van der Waals surface area contributed by atoms with Gasteiger partial charge in [-0.15, -0.1) is 11.3 Å². The lowest BCUT2D eigenvalue weighted by Gasteiger charge is -2.07. The lowest BCUT2D eigenvalue weighted by Crippen LogP contribution is -2.17. The monoisotopic (exact) mass is 274 g/mol. The van der Waals surface area contributed by atoms with Crippen LogP contribution in [0.1, 0.15) is 23.3 Å². The van der Waals surface area contributed by atoms with E-state index in [2.05, 4.69) is 21.3 Å². The zero-order valence-corrected chi connectivity index (χ0v) is 10.2. The molecule has 1 fully saturated rings. The normalized spacial score (nSPS) is 18.1. The highest BCUT2D eigenvalue weighted by atomic mass is 79.9. The van der Waals surface area contributed by atoms with Crippen molar-refractivity contribution in [1.82, 2.24) is 0 Å². The third-order valence-electron chi connectivity index (χ3n) is 2.78. The van der Waals surface area contributed by atoms with E-state index in [1.807, 2.05) is 6.92 Å². The number of halogens is 1. The van der Waals surface area contributed by atoms with E-state index in [1.165, 1.54) is 10.4 Å². The van der Waals surface area contributed by atoms with Gasteiger partial charge in [-0.25, -0.2) is 0 Å². The molecule has 1 saturated carbocycles. The lowest BCUT2D eigenvalue weighted by molar-refractivity contribution is -0.143. The zero-order valence-electron chi connectivity index (χ0n) is 7.84. The first kappa shape index (κ1) is 10.2. The Labute approximate surface area is 95.1 Å². The van der Waals surface area contributed by atoms with Crippen LogP contribution in [-0.2, 0) is 11.2 Å². The van der Waals surface area contributed by atoms with Gasteiger partial charge in [-0.1, -0.05) is 0 Å². The van der Waals surface area contributed by atoms with E-state index in [4.69, 9.17) is 5.11 Å². The van der Waals surface area contributed by atoms with E-state index in [0.717, 1.165) is 17.3 Å². The van der Waals surface area contributed by atoms with Crippen LogP contribution in [0.2, 0.25) is 0 Å². The molecule has 1 aliphatic rings. The summed E-state index contributed by atoms with van der Waals surface area (Å²) in [5, 5.41) is 11.1. The first-order valence-electron chi connectivity index (χ1n) is 4.51. The van der Waals surface area contributed by atoms with Crippen LogP contribution in [0.15, 0.2) is 9.85 Å². The molecular weight excluding hydrogens is 264 g/mol. The van der Waals surface area contributed by atoms with E-state index in [1.54, 1.807) is 11.3 Å². The molecule has 0 bridgehead atoms. The van der Waals surface area contributed by atoms with Crippen molar-refractivity contribution in [1.29, 1.82) is 0 Å². The number of aryl methyl sites for hydroxylation is 1. The highest BCUT2D eigenvalue weighted by Gasteiger charge is 2.50. The van der Waals surface area contributed by atoms with Gasteiger partial charge < -0.3 is 5.11 Å². The fourth-order valence-electron chi connectivity index (χ4n) is 1.53. The molecule has 0 atom stereocenters. The van der Waals surface area contributed by atoms with Crippen LogP contribution >= 0.6 is 27.3 Å². The van der Waals surface area contributed by atoms with Crippen LogP contribution < -0.4 is 0 Å². The average Bonchev–Trinajstić information content (AvgIpc) is 2.85. The summed E-state index contributed by atoms with van der Waals surface area (Å²) in [6.45, 7) is 2.03. The minimum Gasteiger partial charge on any atom is -0.481 e. The maximum absolute atomic E-state index is 11.0. The predicted molar refractivity (Wildman–Crippen MR) is 59.8 cm³/mol. The van der Waals surface area contributed by atoms with Crippen LogP contribution in [-0.4, -0.2) is 11.1 Å². The molecule has 1 aromatic heterocycles. The number of carbonyl (C=O) groups is 1. The topological polar surface area (TPSA) is 37.3 Å². The summed E-state index contributed by atoms with van der Waals surface area (Å²) in [4.78, 5) is 12.2. The van der Waals surface area contributed by atoms with Gasteiger partial charge >= 0.3 is 5.97 Å². The molecule has 0 saturated heterocycles. The quantitative estimate of drug-likeness (QED) is 0.919. The van der Waals surface area contributed by atoms with E-state index < -0.39 is 11.4 Å². The van der Waals surface area contributed by atoms with Crippen molar-refractivity contribution in [2.45, 2.75) is 26.2 Å². The van der Waals surface area contributed by atoms with Gasteiger partial charge in [-0.3, -0.25) is 4.79 Å². The van der Waals surface area contributed by atoms with Crippen molar-refractivity contribution in [2.24, 2.45) is 5.41 Å². The number of hydrogen-bond donors (Lipinski definition) is 1. The number of thiophene rings is 1. The Hall–Kier alpha value is -0.350. The highest BCUT2D eigenvalue weighted by molar-refractivity contribution is 9.10. The SMILES string of the molecule is Cc1csc(CC2(C(=O)O)CC2)c1Br. The summed E-state index contributed by atoms with van der Waals surface area (Å²) in [5.41, 5.74) is 0.756. The Morgan fingerprint density at radius 3 is 2.71 bits per heavy atom. The first-order chi connectivity index (χ1) is 6.55. The van der Waals surface area contributed by atoms with Gasteiger partial charge in [0, 0.05) is 9.35 Å². The van der Waals surface area contributed by atoms with Gasteiger partial charge in [0.2, 0.25) is 0 Å². The van der Waals surface area contributed by atoms with Crippen molar-refractivity contribution >= 4 is 33.2 Å². The molecule has 0 unspecified atom stereocenters. The average molecular weight is 275 g/mol. The Balaban J connectivity index is 2.19. The summed E-state index contributed by atoms with van der Waals surface area (Å²) < 4.78 is 1.09.